The van der Waals surface area contributed by atoms with Crippen LogP contribution in [0.15, 0.2) is 33.2 Å². The molecule has 0 spiro atoms. The van der Waals surface area contributed by atoms with Gasteiger partial charge in [-0.2, -0.15) is 0 Å². The van der Waals surface area contributed by atoms with E-state index in [1.165, 1.54) is 18.2 Å². The number of rotatable bonds is 2. The van der Waals surface area contributed by atoms with Crippen molar-refractivity contribution >= 4 is 60.7 Å². The first-order chi connectivity index (χ1) is 8.88. The van der Waals surface area contributed by atoms with Gasteiger partial charge in [0.25, 0.3) is 0 Å². The number of ether oxygens (including phenoxy) is 1. The molecule has 2 rings (SSSR count). The molecule has 2 nitrogen and oxygen atoms in total. The minimum absolute atomic E-state index is 0.168. The van der Waals surface area contributed by atoms with Crippen LogP contribution in [0.4, 0.5) is 10.1 Å². The fourth-order valence-corrected chi connectivity index (χ4v) is 2.53. The maximum Gasteiger partial charge on any atom is 0.153 e. The third-order valence-corrected chi connectivity index (χ3v) is 4.35. The van der Waals surface area contributed by atoms with E-state index in [9.17, 15) is 4.39 Å². The van der Waals surface area contributed by atoms with E-state index >= 15 is 0 Å². The Bertz CT molecular complexity index is 597. The van der Waals surface area contributed by atoms with Crippen molar-refractivity contribution < 1.29 is 9.13 Å². The molecule has 0 saturated carbocycles. The van der Waals surface area contributed by atoms with Gasteiger partial charge < -0.3 is 10.5 Å². The van der Waals surface area contributed by atoms with Gasteiger partial charge in [-0.15, -0.1) is 0 Å². The van der Waals surface area contributed by atoms with E-state index < -0.39 is 5.82 Å². The second kappa shape index (κ2) is 5.87. The van der Waals surface area contributed by atoms with Crippen LogP contribution in [0, 0.1) is 5.82 Å². The molecular formula is C12H6Br2Cl2FNO. The van der Waals surface area contributed by atoms with Crippen molar-refractivity contribution in [2.75, 3.05) is 5.73 Å². The van der Waals surface area contributed by atoms with Crippen LogP contribution in [0.1, 0.15) is 0 Å². The van der Waals surface area contributed by atoms with Crippen molar-refractivity contribution in [2.24, 2.45) is 0 Å². The highest BCUT2D eigenvalue weighted by atomic mass is 79.9. The molecule has 0 saturated heterocycles. The van der Waals surface area contributed by atoms with Gasteiger partial charge in [-0.1, -0.05) is 23.2 Å². The van der Waals surface area contributed by atoms with Crippen molar-refractivity contribution in [1.82, 2.24) is 0 Å². The first-order valence-electron chi connectivity index (χ1n) is 4.95. The van der Waals surface area contributed by atoms with E-state index in [4.69, 9.17) is 33.7 Å². The summed E-state index contributed by atoms with van der Waals surface area (Å²) in [6.45, 7) is 0. The molecule has 19 heavy (non-hydrogen) atoms. The molecule has 0 aliphatic rings. The van der Waals surface area contributed by atoms with Crippen molar-refractivity contribution in [2.45, 2.75) is 0 Å². The standard InChI is InChI=1S/C12H6Br2Cl2FNO/c13-5-1-8(16)11(3-7(5)15)19-12-4-9(17)6(14)2-10(12)18/h1-4H,18H2. The molecule has 2 N–H and O–H groups in total. The Hall–Kier alpha value is -0.490. The number of hydrogen-bond donors (Lipinski definition) is 1. The number of nitrogen functional groups attached to an aromatic ring is 1. The van der Waals surface area contributed by atoms with Crippen molar-refractivity contribution in [3.63, 3.8) is 0 Å². The van der Waals surface area contributed by atoms with Gasteiger partial charge in [0.15, 0.2) is 5.75 Å². The molecule has 0 atom stereocenters. The first-order valence-corrected chi connectivity index (χ1v) is 7.29. The third-order valence-electron chi connectivity index (χ3n) is 2.25. The molecule has 0 fully saturated rings. The Kier molecular flexibility index (Phi) is 4.61. The highest BCUT2D eigenvalue weighted by Gasteiger charge is 2.12. The fourth-order valence-electron chi connectivity index (χ4n) is 1.33. The zero-order valence-corrected chi connectivity index (χ0v) is 13.9. The molecule has 100 valence electrons. The topological polar surface area (TPSA) is 35.2 Å². The zero-order valence-electron chi connectivity index (χ0n) is 9.18. The van der Waals surface area contributed by atoms with Crippen LogP contribution < -0.4 is 10.5 Å². The van der Waals surface area contributed by atoms with Crippen LogP contribution in [0.25, 0.3) is 0 Å². The molecule has 0 heterocycles. The molecule has 0 bridgehead atoms. The molecule has 0 aliphatic heterocycles. The predicted octanol–water partition coefficient (Wildman–Crippen LogP) is 6.03. The lowest BCUT2D eigenvalue weighted by atomic mass is 10.3. The zero-order chi connectivity index (χ0) is 14.2. The molecule has 2 aromatic rings. The van der Waals surface area contributed by atoms with Crippen LogP contribution in [0.3, 0.4) is 0 Å². The van der Waals surface area contributed by atoms with Gasteiger partial charge in [-0.05, 0) is 44.0 Å². The van der Waals surface area contributed by atoms with Crippen LogP contribution in [-0.2, 0) is 0 Å². The van der Waals surface area contributed by atoms with Gasteiger partial charge in [-0.3, -0.25) is 0 Å². The lowest BCUT2D eigenvalue weighted by Gasteiger charge is -2.11. The van der Waals surface area contributed by atoms with Crippen molar-refractivity contribution in [1.29, 1.82) is 0 Å². The second-order valence-corrected chi connectivity index (χ2v) is 6.13. The summed E-state index contributed by atoms with van der Waals surface area (Å²) in [6.07, 6.45) is 0. The fraction of sp³-hybridized carbons (Fsp3) is 0. The Morgan fingerprint density at radius 3 is 2.32 bits per heavy atom. The normalized spacial score (nSPS) is 10.6. The summed E-state index contributed by atoms with van der Waals surface area (Å²) in [5, 5.41) is 0.759. The third kappa shape index (κ3) is 3.34. The van der Waals surface area contributed by atoms with Gasteiger partial charge in [0.1, 0.15) is 11.6 Å². The summed E-state index contributed by atoms with van der Waals surface area (Å²) >= 11 is 18.2. The number of hydrogen-bond acceptors (Lipinski definition) is 2. The van der Waals surface area contributed by atoms with Crippen LogP contribution in [0.2, 0.25) is 10.0 Å². The van der Waals surface area contributed by atoms with Gasteiger partial charge in [0, 0.05) is 16.6 Å². The predicted molar refractivity (Wildman–Crippen MR) is 82.7 cm³/mol. The number of halogens is 5. The molecule has 0 unspecified atom stereocenters. The summed E-state index contributed by atoms with van der Waals surface area (Å²) in [5.41, 5.74) is 6.03. The van der Waals surface area contributed by atoms with E-state index in [1.54, 1.807) is 6.07 Å². The molecule has 0 radical (unpaired) electrons. The quantitative estimate of drug-likeness (QED) is 0.467. The molecular weight excluding hydrogens is 424 g/mol. The van der Waals surface area contributed by atoms with Gasteiger partial charge in [0.05, 0.1) is 20.2 Å². The molecule has 0 aliphatic carbocycles. The Balaban J connectivity index is 2.42. The molecule has 0 aromatic heterocycles. The summed E-state index contributed by atoms with van der Waals surface area (Å²) < 4.78 is 19.8. The van der Waals surface area contributed by atoms with E-state index in [2.05, 4.69) is 31.9 Å². The summed E-state index contributed by atoms with van der Waals surface area (Å²) in [4.78, 5) is 0. The number of benzene rings is 2. The maximum atomic E-state index is 13.5. The number of nitrogens with two attached hydrogens (primary N) is 1. The highest BCUT2D eigenvalue weighted by Crippen LogP contribution is 2.39. The smallest absolute Gasteiger partial charge is 0.153 e. The monoisotopic (exact) mass is 427 g/mol. The Morgan fingerprint density at radius 2 is 1.63 bits per heavy atom. The van der Waals surface area contributed by atoms with Gasteiger partial charge in [-0.25, -0.2) is 4.39 Å². The second-order valence-electron chi connectivity index (χ2n) is 3.60. The largest absolute Gasteiger partial charge is 0.453 e. The van der Waals surface area contributed by atoms with Crippen molar-refractivity contribution in [3.8, 4) is 11.5 Å². The maximum absolute atomic E-state index is 13.5. The van der Waals surface area contributed by atoms with Crippen LogP contribution >= 0.6 is 55.1 Å². The molecule has 2 aromatic carbocycles. The summed E-state index contributed by atoms with van der Waals surface area (Å²) in [5.74, 6) is -0.0205. The molecule has 7 heteroatoms. The lowest BCUT2D eigenvalue weighted by Crippen LogP contribution is -1.94. The molecule has 0 amide bonds. The first kappa shape index (κ1) is 14.9. The number of anilines is 1. The van der Waals surface area contributed by atoms with Gasteiger partial charge in [0.2, 0.25) is 0 Å². The van der Waals surface area contributed by atoms with Gasteiger partial charge >= 0.3 is 0 Å². The van der Waals surface area contributed by atoms with Crippen molar-refractivity contribution in [3.05, 3.63) is 49.1 Å². The summed E-state index contributed by atoms with van der Waals surface area (Å²) in [7, 11) is 0. The van der Waals surface area contributed by atoms with Crippen LogP contribution in [-0.4, -0.2) is 0 Å². The average molecular weight is 430 g/mol. The Morgan fingerprint density at radius 1 is 0.947 bits per heavy atom. The summed E-state index contributed by atoms with van der Waals surface area (Å²) in [6, 6.07) is 5.70. The lowest BCUT2D eigenvalue weighted by molar-refractivity contribution is 0.479. The van der Waals surface area contributed by atoms with E-state index in [-0.39, 0.29) is 15.9 Å². The highest BCUT2D eigenvalue weighted by molar-refractivity contribution is 9.10. The minimum Gasteiger partial charge on any atom is -0.453 e. The van der Waals surface area contributed by atoms with E-state index in [1.807, 2.05) is 0 Å². The SMILES string of the molecule is Nc1cc(Br)c(F)cc1Oc1cc(Cl)c(Br)cc1Cl. The average Bonchev–Trinajstić information content (AvgIpc) is 2.32. The Labute approximate surface area is 135 Å². The van der Waals surface area contributed by atoms with E-state index in [0.29, 0.717) is 20.3 Å². The minimum atomic E-state index is -0.483. The van der Waals surface area contributed by atoms with E-state index in [0.717, 1.165) is 0 Å². The van der Waals surface area contributed by atoms with Crippen LogP contribution in [0.5, 0.6) is 11.5 Å².